The van der Waals surface area contributed by atoms with Crippen molar-refractivity contribution in [1.82, 2.24) is 0 Å². The minimum absolute atomic E-state index is 0.362. The molecule has 0 spiro atoms. The summed E-state index contributed by atoms with van der Waals surface area (Å²) in [6, 6.07) is 12.3. The number of anilines is 1. The number of halogens is 1. The molecule has 0 saturated heterocycles. The topological polar surface area (TPSA) is 30.5 Å². The second-order valence-electron chi connectivity index (χ2n) is 5.99. The maximum Gasteiger partial charge on any atom is 0.260 e. The molecule has 3 rings (SSSR count). The van der Waals surface area contributed by atoms with Crippen molar-refractivity contribution < 1.29 is 9.47 Å². The largest absolute Gasteiger partial charge is 0.488 e. The van der Waals surface area contributed by atoms with Gasteiger partial charge in [0.15, 0.2) is 0 Å². The molecule has 2 aromatic carbocycles. The van der Waals surface area contributed by atoms with Crippen molar-refractivity contribution in [1.29, 1.82) is 0 Å². The van der Waals surface area contributed by atoms with Crippen LogP contribution >= 0.6 is 28.1 Å². The van der Waals surface area contributed by atoms with E-state index in [0.717, 1.165) is 21.5 Å². The SMILES string of the molecule is COC(=S)Nc1cccc(C2CC2)c1COc1ccc(C)cc1Br. The van der Waals surface area contributed by atoms with Gasteiger partial charge in [0.1, 0.15) is 12.4 Å². The van der Waals surface area contributed by atoms with E-state index >= 15 is 0 Å². The smallest absolute Gasteiger partial charge is 0.260 e. The zero-order valence-electron chi connectivity index (χ0n) is 13.8. The van der Waals surface area contributed by atoms with Crippen LogP contribution in [-0.2, 0) is 11.3 Å². The first-order chi connectivity index (χ1) is 11.6. The predicted molar refractivity (Wildman–Crippen MR) is 105 cm³/mol. The van der Waals surface area contributed by atoms with Crippen molar-refractivity contribution in [2.24, 2.45) is 0 Å². The molecule has 5 heteroatoms. The molecular weight excluding hydrogens is 386 g/mol. The highest BCUT2D eigenvalue weighted by molar-refractivity contribution is 9.10. The summed E-state index contributed by atoms with van der Waals surface area (Å²) in [7, 11) is 1.57. The van der Waals surface area contributed by atoms with Crippen molar-refractivity contribution in [2.75, 3.05) is 12.4 Å². The highest BCUT2D eigenvalue weighted by atomic mass is 79.9. The van der Waals surface area contributed by atoms with Crippen LogP contribution in [0.15, 0.2) is 40.9 Å². The summed E-state index contributed by atoms with van der Waals surface area (Å²) in [4.78, 5) is 0. The second-order valence-corrected chi connectivity index (χ2v) is 7.21. The van der Waals surface area contributed by atoms with Gasteiger partial charge in [-0.25, -0.2) is 0 Å². The fourth-order valence-electron chi connectivity index (χ4n) is 2.69. The molecule has 0 aromatic heterocycles. The van der Waals surface area contributed by atoms with E-state index in [4.69, 9.17) is 21.7 Å². The molecule has 0 amide bonds. The molecule has 1 saturated carbocycles. The minimum atomic E-state index is 0.362. The van der Waals surface area contributed by atoms with Gasteiger partial charge < -0.3 is 14.8 Å². The van der Waals surface area contributed by atoms with E-state index in [0.29, 0.717) is 17.7 Å². The van der Waals surface area contributed by atoms with Gasteiger partial charge in [0, 0.05) is 11.3 Å². The summed E-state index contributed by atoms with van der Waals surface area (Å²) >= 11 is 8.72. The number of hydrogen-bond donors (Lipinski definition) is 1. The number of hydrogen-bond acceptors (Lipinski definition) is 3. The Bertz CT molecular complexity index is 759. The number of benzene rings is 2. The Balaban J connectivity index is 1.85. The fraction of sp³-hybridized carbons (Fsp3) is 0.316. The van der Waals surface area contributed by atoms with Gasteiger partial charge in [0.05, 0.1) is 11.6 Å². The van der Waals surface area contributed by atoms with Gasteiger partial charge in [-0.1, -0.05) is 18.2 Å². The molecule has 0 aliphatic heterocycles. The molecule has 126 valence electrons. The second kappa shape index (κ2) is 7.53. The number of rotatable bonds is 5. The molecule has 3 nitrogen and oxygen atoms in total. The first-order valence-electron chi connectivity index (χ1n) is 7.94. The zero-order valence-corrected chi connectivity index (χ0v) is 16.2. The van der Waals surface area contributed by atoms with E-state index in [9.17, 15) is 0 Å². The van der Waals surface area contributed by atoms with Gasteiger partial charge in [-0.15, -0.1) is 0 Å². The van der Waals surface area contributed by atoms with Crippen LogP contribution < -0.4 is 10.1 Å². The third-order valence-electron chi connectivity index (χ3n) is 4.11. The summed E-state index contributed by atoms with van der Waals surface area (Å²) in [5.41, 5.74) is 4.63. The normalized spacial score (nSPS) is 13.5. The number of ether oxygens (including phenoxy) is 2. The number of thiocarbonyl (C=S) groups is 1. The number of aryl methyl sites for hydroxylation is 1. The molecule has 1 N–H and O–H groups in total. The molecule has 1 fully saturated rings. The van der Waals surface area contributed by atoms with E-state index in [2.05, 4.69) is 46.4 Å². The zero-order chi connectivity index (χ0) is 17.1. The van der Waals surface area contributed by atoms with E-state index in [1.54, 1.807) is 7.11 Å². The van der Waals surface area contributed by atoms with E-state index < -0.39 is 0 Å². The van der Waals surface area contributed by atoms with Gasteiger partial charge >= 0.3 is 0 Å². The Kier molecular flexibility index (Phi) is 5.41. The first kappa shape index (κ1) is 17.2. The molecule has 0 bridgehead atoms. The summed E-state index contributed by atoms with van der Waals surface area (Å²) < 4.78 is 12.1. The van der Waals surface area contributed by atoms with Crippen LogP contribution in [0.1, 0.15) is 35.4 Å². The highest BCUT2D eigenvalue weighted by Gasteiger charge is 2.27. The molecule has 1 aliphatic carbocycles. The molecule has 1 aliphatic rings. The lowest BCUT2D eigenvalue weighted by molar-refractivity contribution is 0.303. The Labute approximate surface area is 156 Å². The van der Waals surface area contributed by atoms with Crippen molar-refractivity contribution >= 4 is 39.0 Å². The molecule has 2 aromatic rings. The third kappa shape index (κ3) is 4.08. The van der Waals surface area contributed by atoms with Gasteiger partial charge in [-0.05, 0) is 83.2 Å². The Hall–Kier alpha value is -1.59. The Morgan fingerprint density at radius 3 is 2.75 bits per heavy atom. The molecule has 24 heavy (non-hydrogen) atoms. The summed E-state index contributed by atoms with van der Waals surface area (Å²) in [5, 5.41) is 3.52. The fourth-order valence-corrected chi connectivity index (χ4v) is 3.41. The monoisotopic (exact) mass is 405 g/mol. The van der Waals surface area contributed by atoms with Crippen molar-refractivity contribution in [2.45, 2.75) is 32.3 Å². The summed E-state index contributed by atoms with van der Waals surface area (Å²) in [6.45, 7) is 2.55. The molecule has 0 heterocycles. The maximum absolute atomic E-state index is 6.08. The number of nitrogens with one attached hydrogen (secondary N) is 1. The predicted octanol–water partition coefficient (Wildman–Crippen LogP) is 5.56. The standard InChI is InChI=1S/C19H20BrNO2S/c1-12-6-9-18(16(20)10-12)23-11-15-14(13-7-8-13)4-3-5-17(15)21-19(24)22-2/h3-6,9-10,13H,7-8,11H2,1-2H3,(H,21,24). The van der Waals surface area contributed by atoms with Crippen LogP contribution in [-0.4, -0.2) is 12.3 Å². The lowest BCUT2D eigenvalue weighted by Crippen LogP contribution is -2.14. The van der Waals surface area contributed by atoms with Crippen LogP contribution in [0, 0.1) is 6.92 Å². The average molecular weight is 406 g/mol. The average Bonchev–Trinajstić information content (AvgIpc) is 3.39. The quantitative estimate of drug-likeness (QED) is 0.659. The molecule has 0 unspecified atom stereocenters. The van der Waals surface area contributed by atoms with Crippen molar-refractivity contribution in [3.63, 3.8) is 0 Å². The van der Waals surface area contributed by atoms with Gasteiger partial charge in [-0.2, -0.15) is 0 Å². The van der Waals surface area contributed by atoms with Crippen LogP contribution in [0.25, 0.3) is 0 Å². The van der Waals surface area contributed by atoms with Gasteiger partial charge in [0.2, 0.25) is 0 Å². The lowest BCUT2D eigenvalue weighted by Gasteiger charge is -2.17. The maximum atomic E-state index is 6.08. The van der Waals surface area contributed by atoms with Crippen LogP contribution in [0.5, 0.6) is 5.75 Å². The van der Waals surface area contributed by atoms with E-state index in [-0.39, 0.29) is 0 Å². The van der Waals surface area contributed by atoms with Crippen molar-refractivity contribution in [3.05, 3.63) is 57.6 Å². The Morgan fingerprint density at radius 1 is 1.29 bits per heavy atom. The van der Waals surface area contributed by atoms with Gasteiger partial charge in [-0.3, -0.25) is 0 Å². The van der Waals surface area contributed by atoms with Crippen molar-refractivity contribution in [3.8, 4) is 5.75 Å². The highest BCUT2D eigenvalue weighted by Crippen LogP contribution is 2.43. The molecule has 0 radical (unpaired) electrons. The third-order valence-corrected chi connectivity index (χ3v) is 5.00. The van der Waals surface area contributed by atoms with E-state index in [1.807, 2.05) is 18.2 Å². The van der Waals surface area contributed by atoms with Crippen LogP contribution in [0.4, 0.5) is 5.69 Å². The molecule has 0 atom stereocenters. The lowest BCUT2D eigenvalue weighted by atomic mass is 10.0. The number of methoxy groups -OCH3 is 1. The summed E-state index contributed by atoms with van der Waals surface area (Å²) in [5.74, 6) is 1.47. The minimum Gasteiger partial charge on any atom is -0.488 e. The summed E-state index contributed by atoms with van der Waals surface area (Å²) in [6.07, 6.45) is 2.47. The van der Waals surface area contributed by atoms with E-state index in [1.165, 1.54) is 24.0 Å². The molecular formula is C19H20BrNO2S. The Morgan fingerprint density at radius 2 is 2.08 bits per heavy atom. The van der Waals surface area contributed by atoms with Crippen LogP contribution in [0.2, 0.25) is 0 Å². The first-order valence-corrected chi connectivity index (χ1v) is 9.14. The van der Waals surface area contributed by atoms with Crippen LogP contribution in [0.3, 0.4) is 0 Å². The van der Waals surface area contributed by atoms with Gasteiger partial charge in [0.25, 0.3) is 5.17 Å².